The van der Waals surface area contributed by atoms with Gasteiger partial charge in [-0.15, -0.1) is 22.7 Å². The zero-order valence-corrected chi connectivity index (χ0v) is 79.8. The number of hydrogen-bond acceptors (Lipinski definition) is 8. The number of aromatic nitrogens is 6. The van der Waals surface area contributed by atoms with E-state index >= 15 is 0 Å². The summed E-state index contributed by atoms with van der Waals surface area (Å²) in [6.45, 7) is 0. The number of thiophene rings is 2. The van der Waals surface area contributed by atoms with E-state index in [1.165, 1.54) is 94.4 Å². The van der Waals surface area contributed by atoms with Crippen molar-refractivity contribution < 1.29 is 0 Å². The lowest BCUT2D eigenvalue weighted by Gasteiger charge is -2.30. The molecule has 6 heterocycles. The molecule has 32 rings (SSSR count). The van der Waals surface area contributed by atoms with Gasteiger partial charge in [0, 0.05) is 54.5 Å². The molecule has 2 spiro atoms. The van der Waals surface area contributed by atoms with Crippen molar-refractivity contribution in [3.8, 4) is 143 Å². The molecule has 0 saturated heterocycles. The van der Waals surface area contributed by atoms with Gasteiger partial charge >= 0.3 is 0 Å². The van der Waals surface area contributed by atoms with Crippen LogP contribution in [0.25, 0.3) is 262 Å². The topological polar surface area (TPSA) is 109 Å². The van der Waals surface area contributed by atoms with Crippen molar-refractivity contribution >= 4 is 154 Å². The van der Waals surface area contributed by atoms with Gasteiger partial charge in [-0.3, -0.25) is 0 Å². The minimum absolute atomic E-state index is 0.523. The van der Waals surface area contributed by atoms with Crippen LogP contribution in [0.3, 0.4) is 0 Å². The number of benzene rings is 22. The summed E-state index contributed by atoms with van der Waals surface area (Å²) >= 11 is 3.52. The third-order valence-corrected chi connectivity index (χ3v) is 34.7. The van der Waals surface area contributed by atoms with E-state index < -0.39 is 10.8 Å². The lowest BCUT2D eigenvalue weighted by molar-refractivity contribution is 0.794. The third-order valence-electron chi connectivity index (χ3n) is 32.1. The lowest BCUT2D eigenvalue weighted by atomic mass is 9.70. The minimum atomic E-state index is -0.724. The molecule has 0 unspecified atom stereocenters. The van der Waals surface area contributed by atoms with E-state index in [1.54, 1.807) is 11.3 Å². The van der Waals surface area contributed by atoms with Crippen molar-refractivity contribution in [3.05, 3.63) is 505 Å². The average molecular weight is 1880 g/mol. The Kier molecular flexibility index (Phi) is 16.8. The van der Waals surface area contributed by atoms with E-state index in [4.69, 9.17) is 19.9 Å². The van der Waals surface area contributed by atoms with Crippen LogP contribution >= 0.6 is 22.7 Å². The molecule has 146 heavy (non-hydrogen) atoms. The number of nitrogens with zero attached hydrogens (tertiary/aromatic N) is 8. The SMILES string of the molecule is N#Cc1ccc2c3ccc(C#N)cc3c3nc4c(-c5ccc6c7cc(-c8ccc9c(c8)-c8ccc(-c%10sc(-c%11ccc%12c(c%11)C%11(c%13ccccc%13-c%13ccccc%13%11)c%11ccccc%11-%12)c%11nc%12c%13cc(-c%14ccccc%14)ccc%13c%13ccc(-c%14ccccc%14)cc%13c%12nc%10%11)cc8C98c9ccccc9-c9ccccc98)ccc7n(-c7ccccc7)c6c5)sc(-c5ccc6c7ccccc7n(-c7ccccc7)c6c5)c4nc3c2c1. The first-order valence-corrected chi connectivity index (χ1v) is 51.3. The molecule has 0 atom stereocenters. The molecule has 0 saturated carbocycles. The Morgan fingerprint density at radius 3 is 0.897 bits per heavy atom. The zero-order valence-electron chi connectivity index (χ0n) is 78.1. The van der Waals surface area contributed by atoms with Gasteiger partial charge in [0.25, 0.3) is 0 Å². The summed E-state index contributed by atoms with van der Waals surface area (Å²) in [6, 6.07) is 170. The highest BCUT2D eigenvalue weighted by molar-refractivity contribution is 7.21. The fraction of sp³-hybridized carbons (Fsp3) is 0.0147. The van der Waals surface area contributed by atoms with Crippen LogP contribution in [-0.4, -0.2) is 29.1 Å². The molecule has 0 fully saturated rings. The second-order valence-electron chi connectivity index (χ2n) is 39.3. The third kappa shape index (κ3) is 11.1. The van der Waals surface area contributed by atoms with Crippen LogP contribution in [0.4, 0.5) is 0 Å². The van der Waals surface area contributed by atoms with E-state index in [0.29, 0.717) is 22.2 Å². The molecule has 6 aromatic heterocycles. The lowest BCUT2D eigenvalue weighted by Crippen LogP contribution is -2.25. The Hall–Kier alpha value is -18.9. The number of fused-ring (bicyclic) bond motifs is 40. The van der Waals surface area contributed by atoms with Crippen molar-refractivity contribution in [1.29, 1.82) is 10.5 Å². The molecule has 670 valence electrons. The highest BCUT2D eigenvalue weighted by Gasteiger charge is 2.54. The van der Waals surface area contributed by atoms with Crippen molar-refractivity contribution in [2.24, 2.45) is 0 Å². The molecule has 10 heteroatoms. The van der Waals surface area contributed by atoms with Gasteiger partial charge in [0.15, 0.2) is 0 Å². The molecule has 28 aromatic rings. The van der Waals surface area contributed by atoms with Crippen molar-refractivity contribution in [2.45, 2.75) is 10.8 Å². The summed E-state index contributed by atoms with van der Waals surface area (Å²) in [5, 5.41) is 33.5. The van der Waals surface area contributed by atoms with Gasteiger partial charge in [-0.25, -0.2) is 19.9 Å². The summed E-state index contributed by atoms with van der Waals surface area (Å²) in [6.07, 6.45) is 0. The van der Waals surface area contributed by atoms with E-state index in [-0.39, 0.29) is 0 Å². The predicted octanol–water partition coefficient (Wildman–Crippen LogP) is 34.9. The highest BCUT2D eigenvalue weighted by atomic mass is 32.1. The average Bonchev–Trinajstić information content (AvgIpc) is 1.50. The summed E-state index contributed by atoms with van der Waals surface area (Å²) in [5.74, 6) is 0. The van der Waals surface area contributed by atoms with Crippen LogP contribution in [0, 0.1) is 22.7 Å². The van der Waals surface area contributed by atoms with Crippen molar-refractivity contribution in [2.75, 3.05) is 0 Å². The smallest absolute Gasteiger partial charge is 0.109 e. The molecule has 22 aromatic carbocycles. The van der Waals surface area contributed by atoms with E-state index in [0.717, 1.165) is 201 Å². The molecule has 4 aliphatic rings. The Labute approximate surface area is 845 Å². The quantitative estimate of drug-likeness (QED) is 0.133. The van der Waals surface area contributed by atoms with Gasteiger partial charge in [0.2, 0.25) is 0 Å². The Bertz CT molecular complexity index is 10700. The Morgan fingerprint density at radius 2 is 0.466 bits per heavy atom. The first-order valence-electron chi connectivity index (χ1n) is 49.6. The van der Waals surface area contributed by atoms with Gasteiger partial charge in [-0.1, -0.05) is 340 Å². The first-order chi connectivity index (χ1) is 72.3. The maximum absolute atomic E-state index is 10.6. The molecule has 0 aliphatic heterocycles. The normalized spacial score (nSPS) is 13.2. The molecule has 0 radical (unpaired) electrons. The minimum Gasteiger partial charge on any atom is -0.309 e. The number of para-hydroxylation sites is 3. The largest absolute Gasteiger partial charge is 0.309 e. The predicted molar refractivity (Wildman–Crippen MR) is 602 cm³/mol. The van der Waals surface area contributed by atoms with E-state index in [2.05, 4.69) is 434 Å². The maximum atomic E-state index is 10.6. The van der Waals surface area contributed by atoms with Gasteiger partial charge < -0.3 is 9.13 Å². The molecule has 0 N–H and O–H groups in total. The molecule has 0 amide bonds. The maximum Gasteiger partial charge on any atom is 0.109 e. The van der Waals surface area contributed by atoms with Crippen LogP contribution in [0.2, 0.25) is 0 Å². The van der Waals surface area contributed by atoms with Crippen molar-refractivity contribution in [1.82, 2.24) is 29.1 Å². The van der Waals surface area contributed by atoms with Crippen LogP contribution in [0.15, 0.2) is 449 Å². The van der Waals surface area contributed by atoms with Crippen LogP contribution in [0.1, 0.15) is 55.6 Å². The van der Waals surface area contributed by atoms with E-state index in [1.807, 2.05) is 47.7 Å². The van der Waals surface area contributed by atoms with Gasteiger partial charge in [-0.2, -0.15) is 10.5 Å². The monoisotopic (exact) mass is 1880 g/mol. The molecule has 4 aliphatic carbocycles. The number of rotatable bonds is 9. The molecule has 0 bridgehead atoms. The summed E-state index contributed by atoms with van der Waals surface area (Å²) < 4.78 is 4.79. The van der Waals surface area contributed by atoms with Gasteiger partial charge in [0.05, 0.1) is 97.7 Å². The summed E-state index contributed by atoms with van der Waals surface area (Å²) in [5.41, 5.74) is 43.4. The molecular weight excluding hydrogens is 1810 g/mol. The molecular formula is C136H74N8S2. The second-order valence-corrected chi connectivity index (χ2v) is 41.4. The standard InChI is InChI=1S/C136H74N8S2/c137-75-77-45-55-91-92-56-46-78(76-138)66-108(92)124-123(107(91)65-77)139-129-130(140-124)134(146-133(129)87-51-61-103-102-38-18-24-44-119(102)143(121(103)73-87)89-29-9-3-10-30-89)88-52-62-104-106-68-84(54-64-120(106)144(122(104)74-88)90-31-11-4-12-32-90)83-53-63-116-105(67-83)101-60-50-86(72-118(101)136(116)113-41-21-15-35-97(113)98-36-16-22-42-114(98)136)132-128-127(131(145-132)85-49-59-100-99-37-17-23-43-115(99)135(117(100)71-85)111-39-19-13-33-95(111)96-34-14-20-40-112(96)135)141-125-109-69-81(79-25-5-1-6-26-79)47-57-93(109)94-58-48-82(70-110(94)126(125)142-128)80-27-7-2-8-28-80/h1-74H. The second kappa shape index (κ2) is 30.3. The van der Waals surface area contributed by atoms with Crippen LogP contribution in [-0.2, 0) is 10.8 Å². The number of hydrogen-bond donors (Lipinski definition) is 0. The van der Waals surface area contributed by atoms with Crippen molar-refractivity contribution in [3.63, 3.8) is 0 Å². The zero-order chi connectivity index (χ0) is 95.6. The fourth-order valence-corrected chi connectivity index (χ4v) is 28.3. The Morgan fingerprint density at radius 1 is 0.178 bits per heavy atom. The molecule has 8 nitrogen and oxygen atoms in total. The van der Waals surface area contributed by atoms with Gasteiger partial charge in [0.1, 0.15) is 22.1 Å². The fourth-order valence-electron chi connectivity index (χ4n) is 26.0. The first kappa shape index (κ1) is 80.8. The van der Waals surface area contributed by atoms with E-state index in [9.17, 15) is 10.5 Å². The highest BCUT2D eigenvalue weighted by Crippen LogP contribution is 2.67. The number of nitriles is 2. The summed E-state index contributed by atoms with van der Waals surface area (Å²) in [4.78, 5) is 28.3. The summed E-state index contributed by atoms with van der Waals surface area (Å²) in [7, 11) is 0. The van der Waals surface area contributed by atoms with Crippen LogP contribution < -0.4 is 0 Å². The van der Waals surface area contributed by atoms with Gasteiger partial charge in [-0.05, 0) is 275 Å². The Balaban J connectivity index is 0.599. The van der Waals surface area contributed by atoms with Crippen LogP contribution in [0.5, 0.6) is 0 Å².